The van der Waals surface area contributed by atoms with Crippen LogP contribution >= 0.6 is 0 Å². The Hall–Kier alpha value is -2.33. The standard InChI is InChI=1S/C16H16O4/c1-10-4-6-12(7-5-10)13-8-9-14(20-13)15(17)11(2)16(18)19-3/h4-9,15,17H,2H2,1,3H3. The van der Waals surface area contributed by atoms with Gasteiger partial charge in [-0.1, -0.05) is 36.4 Å². The molecule has 1 atom stereocenters. The van der Waals surface area contributed by atoms with Gasteiger partial charge in [-0.3, -0.25) is 0 Å². The van der Waals surface area contributed by atoms with E-state index in [1.807, 2.05) is 31.2 Å². The minimum Gasteiger partial charge on any atom is -0.466 e. The van der Waals surface area contributed by atoms with Crippen molar-refractivity contribution in [1.29, 1.82) is 0 Å². The van der Waals surface area contributed by atoms with Crippen molar-refractivity contribution in [3.8, 4) is 11.3 Å². The molecular weight excluding hydrogens is 256 g/mol. The Kier molecular flexibility index (Phi) is 4.05. The van der Waals surface area contributed by atoms with E-state index in [1.54, 1.807) is 12.1 Å². The predicted molar refractivity (Wildman–Crippen MR) is 75.0 cm³/mol. The third kappa shape index (κ3) is 2.81. The maximum atomic E-state index is 11.3. The highest BCUT2D eigenvalue weighted by molar-refractivity contribution is 5.88. The quantitative estimate of drug-likeness (QED) is 0.686. The van der Waals surface area contributed by atoms with Crippen molar-refractivity contribution in [3.63, 3.8) is 0 Å². The summed E-state index contributed by atoms with van der Waals surface area (Å²) in [7, 11) is 1.24. The van der Waals surface area contributed by atoms with E-state index in [2.05, 4.69) is 11.3 Å². The molecule has 4 nitrogen and oxygen atoms in total. The molecule has 0 radical (unpaired) electrons. The summed E-state index contributed by atoms with van der Waals surface area (Å²) < 4.78 is 10.1. The van der Waals surface area contributed by atoms with E-state index in [4.69, 9.17) is 4.42 Å². The van der Waals surface area contributed by atoms with Crippen LogP contribution in [0.15, 0.2) is 53.0 Å². The molecule has 0 aliphatic carbocycles. The van der Waals surface area contributed by atoms with Gasteiger partial charge in [0.15, 0.2) is 0 Å². The van der Waals surface area contributed by atoms with Crippen molar-refractivity contribution in [2.75, 3.05) is 7.11 Å². The van der Waals surface area contributed by atoms with Gasteiger partial charge in [-0.15, -0.1) is 0 Å². The highest BCUT2D eigenvalue weighted by atomic mass is 16.5. The predicted octanol–water partition coefficient (Wildman–Crippen LogP) is 3.02. The van der Waals surface area contributed by atoms with Crippen LogP contribution in [-0.2, 0) is 9.53 Å². The van der Waals surface area contributed by atoms with Crippen LogP contribution in [0.3, 0.4) is 0 Å². The normalized spacial score (nSPS) is 11.9. The highest BCUT2D eigenvalue weighted by Crippen LogP contribution is 2.28. The van der Waals surface area contributed by atoms with Crippen molar-refractivity contribution in [2.24, 2.45) is 0 Å². The molecular formula is C16H16O4. The average molecular weight is 272 g/mol. The van der Waals surface area contributed by atoms with Crippen molar-refractivity contribution in [2.45, 2.75) is 13.0 Å². The zero-order valence-corrected chi connectivity index (χ0v) is 11.4. The molecule has 2 rings (SSSR count). The Bertz CT molecular complexity index is 622. The number of carbonyl (C=O) groups is 1. The Morgan fingerprint density at radius 1 is 1.25 bits per heavy atom. The van der Waals surface area contributed by atoms with Crippen LogP contribution in [0.1, 0.15) is 17.4 Å². The molecule has 1 aromatic carbocycles. The lowest BCUT2D eigenvalue weighted by Gasteiger charge is -2.09. The molecule has 20 heavy (non-hydrogen) atoms. The number of carbonyl (C=O) groups excluding carboxylic acids is 1. The van der Waals surface area contributed by atoms with Crippen LogP contribution in [0.2, 0.25) is 0 Å². The van der Waals surface area contributed by atoms with Gasteiger partial charge in [0.05, 0.1) is 12.7 Å². The number of hydrogen-bond acceptors (Lipinski definition) is 4. The lowest BCUT2D eigenvalue weighted by molar-refractivity contribution is -0.137. The minimum atomic E-state index is -1.21. The van der Waals surface area contributed by atoms with Gasteiger partial charge in [-0.25, -0.2) is 4.79 Å². The van der Waals surface area contributed by atoms with Gasteiger partial charge in [0.1, 0.15) is 17.6 Å². The first-order valence-electron chi connectivity index (χ1n) is 6.15. The third-order valence-corrected chi connectivity index (χ3v) is 3.01. The van der Waals surface area contributed by atoms with E-state index in [0.29, 0.717) is 5.76 Å². The molecule has 104 valence electrons. The van der Waals surface area contributed by atoms with Gasteiger partial charge in [0.25, 0.3) is 0 Å². The summed E-state index contributed by atoms with van der Waals surface area (Å²) in [6.45, 7) is 5.51. The number of methoxy groups -OCH3 is 1. The largest absolute Gasteiger partial charge is 0.466 e. The zero-order valence-electron chi connectivity index (χ0n) is 11.4. The fourth-order valence-corrected chi connectivity index (χ4v) is 1.79. The molecule has 1 aromatic heterocycles. The van der Waals surface area contributed by atoms with E-state index in [-0.39, 0.29) is 11.3 Å². The summed E-state index contributed by atoms with van der Waals surface area (Å²) in [6, 6.07) is 11.2. The molecule has 0 spiro atoms. The second kappa shape index (κ2) is 5.75. The number of furan rings is 1. The molecule has 0 aliphatic heterocycles. The summed E-state index contributed by atoms with van der Waals surface area (Å²) in [5.74, 6) is 0.221. The van der Waals surface area contributed by atoms with Crippen LogP contribution in [0, 0.1) is 6.92 Å². The number of benzene rings is 1. The first kappa shape index (κ1) is 14.1. The Labute approximate surface area is 117 Å². The molecule has 0 saturated carbocycles. The molecule has 0 fully saturated rings. The van der Waals surface area contributed by atoms with Crippen LogP contribution in [0.5, 0.6) is 0 Å². The Balaban J connectivity index is 2.22. The third-order valence-electron chi connectivity index (χ3n) is 3.01. The number of rotatable bonds is 4. The van der Waals surface area contributed by atoms with Gasteiger partial charge in [-0.05, 0) is 19.1 Å². The van der Waals surface area contributed by atoms with Crippen molar-refractivity contribution < 1.29 is 19.1 Å². The van der Waals surface area contributed by atoms with Gasteiger partial charge < -0.3 is 14.3 Å². The zero-order chi connectivity index (χ0) is 14.7. The van der Waals surface area contributed by atoms with Gasteiger partial charge in [-0.2, -0.15) is 0 Å². The molecule has 2 aromatic rings. The van der Waals surface area contributed by atoms with Crippen molar-refractivity contribution in [3.05, 3.63) is 59.9 Å². The van der Waals surface area contributed by atoms with Gasteiger partial charge in [0.2, 0.25) is 0 Å². The average Bonchev–Trinajstić information content (AvgIpc) is 2.95. The van der Waals surface area contributed by atoms with Crippen molar-refractivity contribution >= 4 is 5.97 Å². The molecule has 0 bridgehead atoms. The van der Waals surface area contributed by atoms with E-state index < -0.39 is 12.1 Å². The molecule has 0 aliphatic rings. The number of ether oxygens (including phenoxy) is 1. The maximum Gasteiger partial charge on any atom is 0.336 e. The topological polar surface area (TPSA) is 59.7 Å². The summed E-state index contributed by atoms with van der Waals surface area (Å²) in [5, 5.41) is 10.0. The summed E-state index contributed by atoms with van der Waals surface area (Å²) in [6.07, 6.45) is -1.21. The Morgan fingerprint density at radius 3 is 2.50 bits per heavy atom. The molecule has 1 unspecified atom stereocenters. The summed E-state index contributed by atoms with van der Waals surface area (Å²) in [5.41, 5.74) is 2.00. The number of aliphatic hydroxyl groups excluding tert-OH is 1. The number of aliphatic hydroxyl groups is 1. The molecule has 4 heteroatoms. The maximum absolute atomic E-state index is 11.3. The van der Waals surface area contributed by atoms with Crippen molar-refractivity contribution in [1.82, 2.24) is 0 Å². The SMILES string of the molecule is C=C(C(=O)OC)C(O)c1ccc(-c2ccc(C)cc2)o1. The summed E-state index contributed by atoms with van der Waals surface area (Å²) in [4.78, 5) is 11.3. The number of hydrogen-bond donors (Lipinski definition) is 1. The molecule has 1 heterocycles. The number of aryl methyl sites for hydroxylation is 1. The minimum absolute atomic E-state index is 0.0580. The fourth-order valence-electron chi connectivity index (χ4n) is 1.79. The summed E-state index contributed by atoms with van der Waals surface area (Å²) >= 11 is 0. The number of esters is 1. The van der Waals surface area contributed by atoms with E-state index >= 15 is 0 Å². The van der Waals surface area contributed by atoms with Crippen LogP contribution in [0.4, 0.5) is 0 Å². The molecule has 0 amide bonds. The van der Waals surface area contributed by atoms with Crippen LogP contribution < -0.4 is 0 Å². The first-order chi connectivity index (χ1) is 9.52. The Morgan fingerprint density at radius 2 is 1.90 bits per heavy atom. The van der Waals surface area contributed by atoms with Crippen LogP contribution in [0.25, 0.3) is 11.3 Å². The second-order valence-electron chi connectivity index (χ2n) is 4.49. The second-order valence-corrected chi connectivity index (χ2v) is 4.49. The van der Waals surface area contributed by atoms with Crippen LogP contribution in [-0.4, -0.2) is 18.2 Å². The van der Waals surface area contributed by atoms with E-state index in [1.165, 1.54) is 7.11 Å². The molecule has 1 N–H and O–H groups in total. The lowest BCUT2D eigenvalue weighted by atomic mass is 10.1. The van der Waals surface area contributed by atoms with Gasteiger partial charge in [0, 0.05) is 5.56 Å². The monoisotopic (exact) mass is 272 g/mol. The highest BCUT2D eigenvalue weighted by Gasteiger charge is 2.22. The lowest BCUT2D eigenvalue weighted by Crippen LogP contribution is -2.11. The van der Waals surface area contributed by atoms with Gasteiger partial charge >= 0.3 is 5.97 Å². The molecule has 0 saturated heterocycles. The van der Waals surface area contributed by atoms with E-state index in [9.17, 15) is 9.90 Å². The fraction of sp³-hybridized carbons (Fsp3) is 0.188. The smallest absolute Gasteiger partial charge is 0.336 e. The van der Waals surface area contributed by atoms with E-state index in [0.717, 1.165) is 11.1 Å². The first-order valence-corrected chi connectivity index (χ1v) is 6.15.